The highest BCUT2D eigenvalue weighted by Gasteiger charge is 2.54. The van der Waals surface area contributed by atoms with E-state index < -0.39 is 5.41 Å². The summed E-state index contributed by atoms with van der Waals surface area (Å²) in [6.45, 7) is 7.17. The number of likely N-dealkylation sites (N-methyl/N-ethyl adjacent to an activating group) is 1. The van der Waals surface area contributed by atoms with Crippen molar-refractivity contribution < 1.29 is 19.5 Å². The molecule has 2 aliphatic rings. The van der Waals surface area contributed by atoms with Crippen molar-refractivity contribution in [3.05, 3.63) is 35.4 Å². The van der Waals surface area contributed by atoms with E-state index in [4.69, 9.17) is 0 Å². The van der Waals surface area contributed by atoms with Crippen LogP contribution in [0.5, 0.6) is 0 Å². The molecule has 1 aromatic carbocycles. The zero-order valence-corrected chi connectivity index (χ0v) is 17.7. The number of carbonyl (C=O) groups is 3. The van der Waals surface area contributed by atoms with Crippen molar-refractivity contribution in [1.82, 2.24) is 9.80 Å². The van der Waals surface area contributed by atoms with Crippen LogP contribution in [0.3, 0.4) is 0 Å². The van der Waals surface area contributed by atoms with Gasteiger partial charge in [0, 0.05) is 32.5 Å². The Hall–Kier alpha value is -2.21. The number of hydrogen-bond acceptors (Lipinski definition) is 4. The summed E-state index contributed by atoms with van der Waals surface area (Å²) >= 11 is 0. The quantitative estimate of drug-likeness (QED) is 0.744. The van der Waals surface area contributed by atoms with E-state index in [0.717, 1.165) is 30.4 Å². The highest BCUT2D eigenvalue weighted by Crippen LogP contribution is 2.42. The maximum Gasteiger partial charge on any atom is 0.240 e. The van der Waals surface area contributed by atoms with Crippen LogP contribution in [-0.2, 0) is 19.8 Å². The molecule has 158 valence electrons. The SMILES string of the molecule is CCC(O)C1CCN(C(=O)CC2(c3ccccc3C)CC(=O)N(CC)C2=O)CC1. The predicted octanol–water partition coefficient (Wildman–Crippen LogP) is 2.41. The lowest BCUT2D eigenvalue weighted by molar-refractivity contribution is -0.143. The minimum Gasteiger partial charge on any atom is -0.393 e. The number of amides is 3. The second-order valence-electron chi connectivity index (χ2n) is 8.39. The molecule has 1 aromatic rings. The lowest BCUT2D eigenvalue weighted by Crippen LogP contribution is -2.46. The van der Waals surface area contributed by atoms with E-state index in [1.54, 1.807) is 11.8 Å². The van der Waals surface area contributed by atoms with E-state index in [0.29, 0.717) is 19.6 Å². The van der Waals surface area contributed by atoms with Gasteiger partial charge in [0.15, 0.2) is 0 Å². The Kier molecular flexibility index (Phi) is 6.42. The van der Waals surface area contributed by atoms with Gasteiger partial charge in [0.25, 0.3) is 0 Å². The van der Waals surface area contributed by atoms with Crippen LogP contribution in [0, 0.1) is 12.8 Å². The fraction of sp³-hybridized carbons (Fsp3) is 0.609. The highest BCUT2D eigenvalue weighted by atomic mass is 16.3. The molecule has 3 amide bonds. The predicted molar refractivity (Wildman–Crippen MR) is 110 cm³/mol. The first-order valence-corrected chi connectivity index (χ1v) is 10.7. The molecule has 2 atom stereocenters. The number of piperidine rings is 1. The number of likely N-dealkylation sites (tertiary alicyclic amines) is 2. The van der Waals surface area contributed by atoms with Crippen molar-refractivity contribution in [2.75, 3.05) is 19.6 Å². The molecule has 29 heavy (non-hydrogen) atoms. The fourth-order valence-electron chi connectivity index (χ4n) is 4.91. The van der Waals surface area contributed by atoms with Gasteiger partial charge >= 0.3 is 0 Å². The Morgan fingerprint density at radius 2 is 1.86 bits per heavy atom. The Morgan fingerprint density at radius 3 is 2.41 bits per heavy atom. The minimum absolute atomic E-state index is 0.0138. The summed E-state index contributed by atoms with van der Waals surface area (Å²) in [5.74, 6) is -0.335. The van der Waals surface area contributed by atoms with E-state index in [2.05, 4.69) is 0 Å². The van der Waals surface area contributed by atoms with E-state index in [1.807, 2.05) is 38.1 Å². The first kappa shape index (κ1) is 21.5. The average molecular weight is 401 g/mol. The molecule has 2 fully saturated rings. The lowest BCUT2D eigenvalue weighted by atomic mass is 9.73. The van der Waals surface area contributed by atoms with Crippen molar-refractivity contribution >= 4 is 17.7 Å². The van der Waals surface area contributed by atoms with Crippen LogP contribution in [0.15, 0.2) is 24.3 Å². The van der Waals surface area contributed by atoms with Gasteiger partial charge in [-0.05, 0) is 50.2 Å². The van der Waals surface area contributed by atoms with Gasteiger partial charge in [0.05, 0.1) is 11.5 Å². The number of aliphatic hydroxyl groups excluding tert-OH is 1. The summed E-state index contributed by atoms with van der Waals surface area (Å²) in [5.41, 5.74) is 0.582. The van der Waals surface area contributed by atoms with E-state index in [1.165, 1.54) is 4.90 Å². The normalized spacial score (nSPS) is 24.3. The van der Waals surface area contributed by atoms with Crippen molar-refractivity contribution in [2.24, 2.45) is 5.92 Å². The van der Waals surface area contributed by atoms with Gasteiger partial charge in [-0.2, -0.15) is 0 Å². The highest BCUT2D eigenvalue weighted by molar-refractivity contribution is 6.10. The molecule has 2 aliphatic heterocycles. The Morgan fingerprint density at radius 1 is 1.21 bits per heavy atom. The molecular formula is C23H32N2O4. The summed E-state index contributed by atoms with van der Waals surface area (Å²) in [6.07, 6.45) is 2.00. The number of nitrogens with zero attached hydrogens (tertiary/aromatic N) is 2. The summed E-state index contributed by atoms with van der Waals surface area (Å²) in [5, 5.41) is 10.1. The number of carbonyl (C=O) groups excluding carboxylic acids is 3. The van der Waals surface area contributed by atoms with E-state index in [-0.39, 0.29) is 42.6 Å². The zero-order chi connectivity index (χ0) is 21.2. The molecule has 0 aliphatic carbocycles. The van der Waals surface area contributed by atoms with Crippen LogP contribution in [-0.4, -0.2) is 58.4 Å². The largest absolute Gasteiger partial charge is 0.393 e. The molecule has 0 spiro atoms. The maximum absolute atomic E-state index is 13.3. The number of rotatable bonds is 6. The third kappa shape index (κ3) is 3.95. The monoisotopic (exact) mass is 400 g/mol. The lowest BCUT2D eigenvalue weighted by Gasteiger charge is -2.36. The number of aliphatic hydroxyl groups is 1. The summed E-state index contributed by atoms with van der Waals surface area (Å²) in [6, 6.07) is 7.55. The topological polar surface area (TPSA) is 77.9 Å². The van der Waals surface area contributed by atoms with Crippen molar-refractivity contribution in [3.63, 3.8) is 0 Å². The number of imide groups is 1. The van der Waals surface area contributed by atoms with Crippen LogP contribution < -0.4 is 0 Å². The molecule has 2 saturated heterocycles. The van der Waals surface area contributed by atoms with Gasteiger partial charge in [0.1, 0.15) is 0 Å². The van der Waals surface area contributed by atoms with Crippen LogP contribution >= 0.6 is 0 Å². The Bertz CT molecular complexity index is 785. The number of benzene rings is 1. The number of hydrogen-bond donors (Lipinski definition) is 1. The third-order valence-corrected chi connectivity index (χ3v) is 6.69. The van der Waals surface area contributed by atoms with Gasteiger partial charge < -0.3 is 10.0 Å². The van der Waals surface area contributed by atoms with E-state index in [9.17, 15) is 19.5 Å². The molecule has 1 N–H and O–H groups in total. The van der Waals surface area contributed by atoms with Crippen LogP contribution in [0.1, 0.15) is 57.1 Å². The van der Waals surface area contributed by atoms with Crippen LogP contribution in [0.25, 0.3) is 0 Å². The summed E-state index contributed by atoms with van der Waals surface area (Å²) in [7, 11) is 0. The maximum atomic E-state index is 13.3. The molecule has 6 nitrogen and oxygen atoms in total. The molecule has 0 aromatic heterocycles. The van der Waals surface area contributed by atoms with Gasteiger partial charge in [-0.3, -0.25) is 19.3 Å². The molecular weight excluding hydrogens is 368 g/mol. The summed E-state index contributed by atoms with van der Waals surface area (Å²) in [4.78, 5) is 42.2. The average Bonchev–Trinajstić information content (AvgIpc) is 2.97. The van der Waals surface area contributed by atoms with Crippen molar-refractivity contribution in [2.45, 2.75) is 64.4 Å². The Balaban J connectivity index is 1.84. The second kappa shape index (κ2) is 8.66. The standard InChI is InChI=1S/C23H32N2O4/c1-4-19(26)17-10-12-24(13-11-17)20(27)14-23(18-9-7-6-8-16(18)3)15-21(28)25(5-2)22(23)29/h6-9,17,19,26H,4-5,10-15H2,1-3H3. The number of aryl methyl sites for hydroxylation is 1. The molecule has 2 unspecified atom stereocenters. The first-order valence-electron chi connectivity index (χ1n) is 10.7. The molecule has 3 rings (SSSR count). The van der Waals surface area contributed by atoms with Gasteiger partial charge in [-0.15, -0.1) is 0 Å². The molecule has 2 heterocycles. The smallest absolute Gasteiger partial charge is 0.240 e. The Labute approximate surface area is 172 Å². The molecule has 0 radical (unpaired) electrons. The summed E-state index contributed by atoms with van der Waals surface area (Å²) < 4.78 is 0. The molecule has 0 saturated carbocycles. The van der Waals surface area contributed by atoms with Gasteiger partial charge in [-0.25, -0.2) is 0 Å². The zero-order valence-electron chi connectivity index (χ0n) is 17.7. The van der Waals surface area contributed by atoms with Gasteiger partial charge in [0.2, 0.25) is 17.7 Å². The fourth-order valence-corrected chi connectivity index (χ4v) is 4.91. The van der Waals surface area contributed by atoms with Gasteiger partial charge in [-0.1, -0.05) is 31.2 Å². The van der Waals surface area contributed by atoms with Crippen LogP contribution in [0.2, 0.25) is 0 Å². The molecule has 6 heteroatoms. The minimum atomic E-state index is -1.12. The first-order chi connectivity index (χ1) is 13.8. The van der Waals surface area contributed by atoms with Crippen LogP contribution in [0.4, 0.5) is 0 Å². The molecule has 0 bridgehead atoms. The third-order valence-electron chi connectivity index (χ3n) is 6.69. The van der Waals surface area contributed by atoms with Crippen molar-refractivity contribution in [3.8, 4) is 0 Å². The van der Waals surface area contributed by atoms with Crippen molar-refractivity contribution in [1.29, 1.82) is 0 Å². The second-order valence-corrected chi connectivity index (χ2v) is 8.39. The van der Waals surface area contributed by atoms with E-state index >= 15 is 0 Å².